The first kappa shape index (κ1) is 12.2. The molecule has 16 heavy (non-hydrogen) atoms. The molecule has 2 N–H and O–H groups in total. The van der Waals surface area contributed by atoms with Crippen molar-refractivity contribution in [2.45, 2.75) is 13.5 Å². The number of carbonyl (C=O) groups excluding carboxylic acids is 1. The first-order valence-electron chi connectivity index (χ1n) is 4.97. The number of aryl methyl sites for hydroxylation is 2. The van der Waals surface area contributed by atoms with Crippen LogP contribution in [0.5, 0.6) is 0 Å². The summed E-state index contributed by atoms with van der Waals surface area (Å²) in [6.07, 6.45) is 1.91. The smallest absolute Gasteiger partial charge is 0.234 e. The van der Waals surface area contributed by atoms with Crippen molar-refractivity contribution in [3.63, 3.8) is 0 Å². The van der Waals surface area contributed by atoms with Crippen LogP contribution < -0.4 is 10.6 Å². The lowest BCUT2D eigenvalue weighted by Gasteiger charge is -2.03. The van der Waals surface area contributed by atoms with Gasteiger partial charge in [0.05, 0.1) is 18.3 Å². The molecule has 0 unspecified atom stereocenters. The number of nitrogens with zero attached hydrogens (tertiary/aromatic N) is 3. The Morgan fingerprint density at radius 1 is 1.69 bits per heavy atom. The van der Waals surface area contributed by atoms with Gasteiger partial charge in [-0.05, 0) is 6.92 Å². The van der Waals surface area contributed by atoms with E-state index >= 15 is 0 Å². The molecule has 1 aromatic heterocycles. The van der Waals surface area contributed by atoms with Crippen LogP contribution >= 0.6 is 0 Å². The molecule has 0 aliphatic rings. The van der Waals surface area contributed by atoms with Crippen LogP contribution in [-0.2, 0) is 18.4 Å². The van der Waals surface area contributed by atoms with E-state index in [0.29, 0.717) is 6.54 Å². The van der Waals surface area contributed by atoms with E-state index in [1.165, 1.54) is 0 Å². The molecule has 1 heterocycles. The van der Waals surface area contributed by atoms with E-state index in [1.807, 2.05) is 26.2 Å². The molecule has 0 fully saturated rings. The zero-order valence-corrected chi connectivity index (χ0v) is 9.45. The molecule has 1 rings (SSSR count). The van der Waals surface area contributed by atoms with E-state index < -0.39 is 0 Å². The van der Waals surface area contributed by atoms with Crippen molar-refractivity contribution < 1.29 is 4.79 Å². The third-order valence-electron chi connectivity index (χ3n) is 2.08. The summed E-state index contributed by atoms with van der Waals surface area (Å²) in [4.78, 5) is 11.1. The Balaban J connectivity index is 2.28. The number of aromatic nitrogens is 2. The molecule has 0 aromatic carbocycles. The normalized spacial score (nSPS) is 9.81. The first-order chi connectivity index (χ1) is 7.63. The maximum absolute atomic E-state index is 11.1. The fourth-order valence-electron chi connectivity index (χ4n) is 1.33. The van der Waals surface area contributed by atoms with Crippen LogP contribution in [0.25, 0.3) is 0 Å². The summed E-state index contributed by atoms with van der Waals surface area (Å²) in [5, 5.41) is 17.9. The molecule has 0 saturated carbocycles. The molecule has 1 aromatic rings. The highest BCUT2D eigenvalue weighted by atomic mass is 16.1. The maximum Gasteiger partial charge on any atom is 0.234 e. The third kappa shape index (κ3) is 3.71. The predicted octanol–water partition coefficient (Wildman–Crippen LogP) is -0.542. The fraction of sp³-hybridized carbons (Fsp3) is 0.500. The van der Waals surface area contributed by atoms with E-state index in [1.54, 1.807) is 4.68 Å². The van der Waals surface area contributed by atoms with E-state index in [4.69, 9.17) is 5.26 Å². The second kappa shape index (κ2) is 5.88. The average Bonchev–Trinajstić information content (AvgIpc) is 2.55. The second-order valence-corrected chi connectivity index (χ2v) is 3.45. The van der Waals surface area contributed by atoms with Crippen molar-refractivity contribution >= 4 is 5.91 Å². The van der Waals surface area contributed by atoms with Crippen LogP contribution in [0.1, 0.15) is 11.3 Å². The molecule has 0 aliphatic carbocycles. The predicted molar refractivity (Wildman–Crippen MR) is 58.3 cm³/mol. The first-order valence-corrected chi connectivity index (χ1v) is 4.97. The fourth-order valence-corrected chi connectivity index (χ4v) is 1.33. The van der Waals surface area contributed by atoms with E-state index in [9.17, 15) is 4.79 Å². The number of carbonyl (C=O) groups is 1. The zero-order valence-electron chi connectivity index (χ0n) is 9.45. The number of nitriles is 1. The van der Waals surface area contributed by atoms with Gasteiger partial charge in [-0.2, -0.15) is 10.4 Å². The minimum absolute atomic E-state index is 0.0480. The quantitative estimate of drug-likeness (QED) is 0.654. The van der Waals surface area contributed by atoms with Crippen LogP contribution in [0, 0.1) is 18.3 Å². The molecule has 6 nitrogen and oxygen atoms in total. The van der Waals surface area contributed by atoms with Crippen LogP contribution in [0.3, 0.4) is 0 Å². The van der Waals surface area contributed by atoms with Crippen molar-refractivity contribution in [1.82, 2.24) is 20.4 Å². The van der Waals surface area contributed by atoms with Crippen molar-refractivity contribution in [2.24, 2.45) is 7.05 Å². The van der Waals surface area contributed by atoms with Crippen molar-refractivity contribution in [3.8, 4) is 6.07 Å². The molecule has 1 amide bonds. The van der Waals surface area contributed by atoms with Crippen LogP contribution in [0.4, 0.5) is 0 Å². The minimum atomic E-state index is -0.178. The van der Waals surface area contributed by atoms with Crippen LogP contribution in [0.2, 0.25) is 0 Å². The summed E-state index contributed by atoms with van der Waals surface area (Å²) >= 11 is 0. The summed E-state index contributed by atoms with van der Waals surface area (Å²) in [6.45, 7) is 2.77. The van der Waals surface area contributed by atoms with Gasteiger partial charge in [-0.15, -0.1) is 0 Å². The molecule has 0 radical (unpaired) electrons. The summed E-state index contributed by atoms with van der Waals surface area (Å²) in [6, 6.07) is 1.85. The maximum atomic E-state index is 11.1. The SMILES string of the molecule is Cc1nn(C)cc1CNCC(=O)NCC#N. The number of hydrogen-bond donors (Lipinski definition) is 2. The Labute approximate surface area is 94.2 Å². The minimum Gasteiger partial charge on any atom is -0.342 e. The Morgan fingerprint density at radius 3 is 3.00 bits per heavy atom. The molecule has 0 atom stereocenters. The summed E-state index contributed by atoms with van der Waals surface area (Å²) in [5.41, 5.74) is 2.02. The van der Waals surface area contributed by atoms with E-state index in [2.05, 4.69) is 15.7 Å². The molecule has 0 bridgehead atoms. The monoisotopic (exact) mass is 221 g/mol. The number of hydrogen-bond acceptors (Lipinski definition) is 4. The van der Waals surface area contributed by atoms with Gasteiger partial charge in [0, 0.05) is 25.4 Å². The Morgan fingerprint density at radius 2 is 2.44 bits per heavy atom. The lowest BCUT2D eigenvalue weighted by molar-refractivity contribution is -0.120. The molecule has 0 saturated heterocycles. The average molecular weight is 221 g/mol. The van der Waals surface area contributed by atoms with Gasteiger partial charge in [0.25, 0.3) is 0 Å². The Kier molecular flexibility index (Phi) is 4.48. The van der Waals surface area contributed by atoms with Crippen molar-refractivity contribution in [2.75, 3.05) is 13.1 Å². The summed E-state index contributed by atoms with van der Waals surface area (Å²) in [7, 11) is 1.86. The van der Waals surface area contributed by atoms with Crippen molar-refractivity contribution in [1.29, 1.82) is 5.26 Å². The molecular formula is C10H15N5O. The topological polar surface area (TPSA) is 82.7 Å². The van der Waals surface area contributed by atoms with Crippen LogP contribution in [-0.4, -0.2) is 28.8 Å². The van der Waals surface area contributed by atoms with Gasteiger partial charge in [0.1, 0.15) is 6.54 Å². The lowest BCUT2D eigenvalue weighted by atomic mass is 10.2. The van der Waals surface area contributed by atoms with Gasteiger partial charge in [0.2, 0.25) is 5.91 Å². The highest BCUT2D eigenvalue weighted by molar-refractivity contribution is 5.78. The van der Waals surface area contributed by atoms with Gasteiger partial charge >= 0.3 is 0 Å². The highest BCUT2D eigenvalue weighted by Gasteiger charge is 2.04. The van der Waals surface area contributed by atoms with Crippen molar-refractivity contribution in [3.05, 3.63) is 17.5 Å². The highest BCUT2D eigenvalue weighted by Crippen LogP contribution is 2.03. The molecule has 0 aliphatic heterocycles. The zero-order chi connectivity index (χ0) is 12.0. The van der Waals surface area contributed by atoms with E-state index in [-0.39, 0.29) is 19.0 Å². The van der Waals surface area contributed by atoms with Gasteiger partial charge in [-0.1, -0.05) is 0 Å². The number of nitrogens with one attached hydrogen (secondary N) is 2. The number of rotatable bonds is 5. The largest absolute Gasteiger partial charge is 0.342 e. The van der Waals surface area contributed by atoms with E-state index in [0.717, 1.165) is 11.3 Å². The number of amides is 1. The second-order valence-electron chi connectivity index (χ2n) is 3.45. The Bertz CT molecular complexity index is 404. The standard InChI is InChI=1S/C10H15N5O/c1-8-9(7-15(2)14-8)5-12-6-10(16)13-4-3-11/h7,12H,4-6H2,1-2H3,(H,13,16). The molecular weight excluding hydrogens is 206 g/mol. The van der Waals surface area contributed by atoms with Gasteiger partial charge in [-0.25, -0.2) is 0 Å². The molecule has 86 valence electrons. The lowest BCUT2D eigenvalue weighted by Crippen LogP contribution is -2.33. The van der Waals surface area contributed by atoms with Crippen LogP contribution in [0.15, 0.2) is 6.20 Å². The molecule has 0 spiro atoms. The van der Waals surface area contributed by atoms with Gasteiger partial charge < -0.3 is 10.6 Å². The summed E-state index contributed by atoms with van der Waals surface area (Å²) in [5.74, 6) is -0.178. The summed E-state index contributed by atoms with van der Waals surface area (Å²) < 4.78 is 1.74. The molecule has 6 heteroatoms. The van der Waals surface area contributed by atoms with Gasteiger partial charge in [0.15, 0.2) is 0 Å². The third-order valence-corrected chi connectivity index (χ3v) is 2.08. The van der Waals surface area contributed by atoms with Gasteiger partial charge in [-0.3, -0.25) is 9.48 Å². The Hall–Kier alpha value is -1.87.